The van der Waals surface area contributed by atoms with Crippen LogP contribution in [0.1, 0.15) is 72.1 Å². The summed E-state index contributed by atoms with van der Waals surface area (Å²) in [5, 5.41) is 0. The highest BCUT2D eigenvalue weighted by atomic mass is 79.9. The third kappa shape index (κ3) is 3.24. The van der Waals surface area contributed by atoms with E-state index in [9.17, 15) is 9.59 Å². The molecule has 0 spiro atoms. The molecule has 150 valence electrons. The lowest BCUT2D eigenvalue weighted by molar-refractivity contribution is -0.160. The van der Waals surface area contributed by atoms with Crippen LogP contribution in [0.5, 0.6) is 0 Å². The van der Waals surface area contributed by atoms with Gasteiger partial charge in [-0.05, 0) is 87.5 Å². The molecule has 4 heteroatoms. The van der Waals surface area contributed by atoms with E-state index in [4.69, 9.17) is 4.74 Å². The standard InChI is InChI=1S/C23H33BrO3/c1-4-14-12-20-19-7-5-15-11-16(25)6-8-17(15)18(19)9-10-23(20,3)21(14)27-22(26)13(2)24/h11,13-14,17-21H,4-10,12H2,1-3H3/t13?,14-,17-,18+,19+,20-,21-,23-/m0/s1. The van der Waals surface area contributed by atoms with Crippen molar-refractivity contribution >= 4 is 27.7 Å². The Morgan fingerprint density at radius 2 is 2.07 bits per heavy atom. The van der Waals surface area contributed by atoms with Gasteiger partial charge >= 0.3 is 5.97 Å². The van der Waals surface area contributed by atoms with Crippen molar-refractivity contribution in [3.05, 3.63) is 11.6 Å². The third-order valence-electron chi connectivity index (χ3n) is 8.46. The number of carbonyl (C=O) groups is 2. The number of fused-ring (bicyclic) bond motifs is 5. The van der Waals surface area contributed by atoms with Gasteiger partial charge in [-0.25, -0.2) is 0 Å². The minimum atomic E-state index is -0.240. The van der Waals surface area contributed by atoms with E-state index in [1.54, 1.807) is 0 Å². The number of ether oxygens (including phenoxy) is 1. The number of hydrogen-bond acceptors (Lipinski definition) is 3. The Labute approximate surface area is 171 Å². The minimum absolute atomic E-state index is 0.0609. The van der Waals surface area contributed by atoms with E-state index in [1.807, 2.05) is 13.0 Å². The van der Waals surface area contributed by atoms with Gasteiger partial charge in [0.2, 0.25) is 0 Å². The largest absolute Gasteiger partial charge is 0.461 e. The molecule has 4 rings (SSSR count). The Hall–Kier alpha value is -0.640. The molecule has 0 saturated heterocycles. The fourth-order valence-corrected chi connectivity index (χ4v) is 7.25. The van der Waals surface area contributed by atoms with Gasteiger partial charge in [0.1, 0.15) is 10.9 Å². The summed E-state index contributed by atoms with van der Waals surface area (Å²) < 4.78 is 6.11. The second kappa shape index (κ2) is 7.31. The fraction of sp³-hybridized carbons (Fsp3) is 0.826. The molecule has 1 unspecified atom stereocenters. The van der Waals surface area contributed by atoms with Crippen molar-refractivity contribution in [3.8, 4) is 0 Å². The van der Waals surface area contributed by atoms with Gasteiger partial charge in [0.05, 0.1) is 0 Å². The highest BCUT2D eigenvalue weighted by molar-refractivity contribution is 9.10. The van der Waals surface area contributed by atoms with E-state index < -0.39 is 0 Å². The first-order valence-electron chi connectivity index (χ1n) is 10.9. The molecule has 0 radical (unpaired) electrons. The van der Waals surface area contributed by atoms with Gasteiger partial charge in [0, 0.05) is 11.8 Å². The smallest absolute Gasteiger partial charge is 0.319 e. The number of carbonyl (C=O) groups excluding carboxylic acids is 2. The molecule has 4 aliphatic carbocycles. The Balaban J connectivity index is 1.59. The number of esters is 1. The zero-order valence-electron chi connectivity index (χ0n) is 16.9. The zero-order valence-corrected chi connectivity index (χ0v) is 18.5. The molecule has 0 bridgehead atoms. The van der Waals surface area contributed by atoms with Gasteiger partial charge < -0.3 is 4.74 Å². The summed E-state index contributed by atoms with van der Waals surface area (Å²) in [6.45, 7) is 6.50. The van der Waals surface area contributed by atoms with Crippen LogP contribution in [0.3, 0.4) is 0 Å². The molecule has 0 heterocycles. The van der Waals surface area contributed by atoms with Crippen LogP contribution >= 0.6 is 15.9 Å². The van der Waals surface area contributed by atoms with E-state index in [0.717, 1.165) is 43.9 Å². The molecule has 0 aromatic carbocycles. The van der Waals surface area contributed by atoms with Crippen LogP contribution in [0.25, 0.3) is 0 Å². The number of allylic oxidation sites excluding steroid dienone is 1. The van der Waals surface area contributed by atoms with E-state index >= 15 is 0 Å². The summed E-state index contributed by atoms with van der Waals surface area (Å²) in [5.74, 6) is 3.47. The highest BCUT2D eigenvalue weighted by Crippen LogP contribution is 2.64. The van der Waals surface area contributed by atoms with Crippen LogP contribution in [-0.4, -0.2) is 22.7 Å². The maximum absolute atomic E-state index is 12.4. The minimum Gasteiger partial charge on any atom is -0.461 e. The van der Waals surface area contributed by atoms with E-state index in [2.05, 4.69) is 29.8 Å². The Morgan fingerprint density at radius 3 is 2.78 bits per heavy atom. The monoisotopic (exact) mass is 436 g/mol. The Kier molecular flexibility index (Phi) is 5.33. The molecule has 0 aliphatic heterocycles. The normalized spacial score (nSPS) is 44.6. The first-order valence-corrected chi connectivity index (χ1v) is 11.8. The lowest BCUT2D eigenvalue weighted by Gasteiger charge is -2.53. The Bertz CT molecular complexity index is 654. The molecule has 8 atom stereocenters. The molecular formula is C23H33BrO3. The van der Waals surface area contributed by atoms with Crippen molar-refractivity contribution in [2.75, 3.05) is 0 Å². The van der Waals surface area contributed by atoms with Crippen LogP contribution in [0.4, 0.5) is 0 Å². The van der Waals surface area contributed by atoms with Crippen molar-refractivity contribution in [1.82, 2.24) is 0 Å². The van der Waals surface area contributed by atoms with E-state index in [-0.39, 0.29) is 22.3 Å². The molecule has 0 amide bonds. The molecule has 3 nitrogen and oxygen atoms in total. The first-order chi connectivity index (χ1) is 12.8. The van der Waals surface area contributed by atoms with Crippen molar-refractivity contribution in [1.29, 1.82) is 0 Å². The van der Waals surface area contributed by atoms with Crippen molar-refractivity contribution in [2.45, 2.75) is 83.1 Å². The summed E-state index contributed by atoms with van der Waals surface area (Å²) in [5.41, 5.74) is 1.56. The fourth-order valence-electron chi connectivity index (χ4n) is 7.14. The second-order valence-electron chi connectivity index (χ2n) is 9.73. The number of halogens is 1. The average Bonchev–Trinajstić information content (AvgIpc) is 2.93. The topological polar surface area (TPSA) is 43.4 Å². The third-order valence-corrected chi connectivity index (χ3v) is 8.84. The van der Waals surface area contributed by atoms with Crippen molar-refractivity contribution in [3.63, 3.8) is 0 Å². The number of hydrogen-bond donors (Lipinski definition) is 0. The summed E-state index contributed by atoms with van der Waals surface area (Å²) >= 11 is 3.38. The zero-order chi connectivity index (χ0) is 19.3. The number of rotatable bonds is 3. The predicted molar refractivity (Wildman–Crippen MR) is 110 cm³/mol. The van der Waals surface area contributed by atoms with Crippen LogP contribution in [0.15, 0.2) is 11.6 Å². The van der Waals surface area contributed by atoms with Gasteiger partial charge in [0.25, 0.3) is 0 Å². The van der Waals surface area contributed by atoms with E-state index in [1.165, 1.54) is 24.8 Å². The molecule has 27 heavy (non-hydrogen) atoms. The molecule has 3 fully saturated rings. The highest BCUT2D eigenvalue weighted by Gasteiger charge is 2.60. The molecule has 0 aromatic rings. The SMILES string of the molecule is CC[C@H]1C[C@H]2[C@@H]3CCC4=CC(=O)CC[C@@H]4[C@H]3CC[C@]2(C)[C@H]1OC(=O)C(C)Br. The Morgan fingerprint density at radius 1 is 1.30 bits per heavy atom. The lowest BCUT2D eigenvalue weighted by atomic mass is 9.52. The molecule has 4 aliphatic rings. The lowest BCUT2D eigenvalue weighted by Crippen LogP contribution is -2.49. The summed E-state index contributed by atoms with van der Waals surface area (Å²) in [6, 6.07) is 0. The maximum atomic E-state index is 12.4. The molecule has 3 saturated carbocycles. The summed E-state index contributed by atoms with van der Waals surface area (Å²) in [4.78, 5) is 24.0. The van der Waals surface area contributed by atoms with Gasteiger partial charge in [-0.3, -0.25) is 9.59 Å². The van der Waals surface area contributed by atoms with Crippen molar-refractivity contribution < 1.29 is 14.3 Å². The molecular weight excluding hydrogens is 404 g/mol. The predicted octanol–water partition coefficient (Wildman–Crippen LogP) is 5.46. The van der Waals surface area contributed by atoms with Crippen molar-refractivity contribution in [2.24, 2.45) is 35.0 Å². The van der Waals surface area contributed by atoms with Crippen LogP contribution in [0, 0.1) is 35.0 Å². The van der Waals surface area contributed by atoms with Gasteiger partial charge in [-0.15, -0.1) is 0 Å². The van der Waals surface area contributed by atoms with Gasteiger partial charge in [-0.2, -0.15) is 0 Å². The number of alkyl halides is 1. The first kappa shape index (κ1) is 19.7. The van der Waals surface area contributed by atoms with Crippen LogP contribution in [-0.2, 0) is 14.3 Å². The molecule has 0 aromatic heterocycles. The average molecular weight is 437 g/mol. The molecule has 0 N–H and O–H groups in total. The second-order valence-corrected chi connectivity index (χ2v) is 11.1. The van der Waals surface area contributed by atoms with Gasteiger partial charge in [0.15, 0.2) is 5.78 Å². The summed E-state index contributed by atoms with van der Waals surface area (Å²) in [6.07, 6.45) is 10.8. The maximum Gasteiger partial charge on any atom is 0.319 e. The quantitative estimate of drug-likeness (QED) is 0.435. The van der Waals surface area contributed by atoms with Gasteiger partial charge in [-0.1, -0.05) is 35.4 Å². The van der Waals surface area contributed by atoms with Crippen LogP contribution in [0.2, 0.25) is 0 Å². The number of ketones is 1. The van der Waals surface area contributed by atoms with E-state index in [0.29, 0.717) is 23.5 Å². The summed E-state index contributed by atoms with van der Waals surface area (Å²) in [7, 11) is 0. The van der Waals surface area contributed by atoms with Crippen LogP contribution < -0.4 is 0 Å².